The number of hydrogen-bond donors (Lipinski definition) is 2. The van der Waals surface area contributed by atoms with Gasteiger partial charge in [-0.1, -0.05) is 60.7 Å². The quantitative estimate of drug-likeness (QED) is 0.274. The first-order valence-corrected chi connectivity index (χ1v) is 12.6. The normalized spacial score (nSPS) is 10.5. The molecule has 0 aliphatic carbocycles. The van der Waals surface area contributed by atoms with Gasteiger partial charge >= 0.3 is 23.6 Å². The number of nitrogens with zero attached hydrogens (tertiary/aromatic N) is 4. The molecule has 12 nitrogen and oxygen atoms in total. The molecule has 0 aliphatic rings. The van der Waals surface area contributed by atoms with Gasteiger partial charge in [0.25, 0.3) is 0 Å². The van der Waals surface area contributed by atoms with Crippen molar-refractivity contribution in [1.82, 2.24) is 19.3 Å². The number of carbonyl (C=O) groups excluding carboxylic acids is 2. The zero-order chi connectivity index (χ0) is 28.2. The molecule has 0 bridgehead atoms. The van der Waals surface area contributed by atoms with Gasteiger partial charge in [0.15, 0.2) is 0 Å². The summed E-state index contributed by atoms with van der Waals surface area (Å²) in [4.78, 5) is 56.4. The lowest BCUT2D eigenvalue weighted by atomic mass is 10.1. The Hall–Kier alpha value is -5.26. The van der Waals surface area contributed by atoms with Crippen LogP contribution in [0.4, 0.5) is 9.59 Å². The average Bonchev–Trinajstić information content (AvgIpc) is 2.97. The second kappa shape index (κ2) is 14.0. The maximum Gasteiger partial charge on any atom is 0.426 e. The molecule has 0 atom stereocenters. The summed E-state index contributed by atoms with van der Waals surface area (Å²) in [5.74, 6) is 0. The summed E-state index contributed by atoms with van der Waals surface area (Å²) < 4.78 is 12.1. The molecule has 2 amide bonds. The molecule has 0 saturated carbocycles. The molecule has 0 radical (unpaired) electrons. The van der Waals surface area contributed by atoms with Gasteiger partial charge in [-0.25, -0.2) is 39.4 Å². The number of carbonyl (C=O) groups is 2. The number of unbranched alkanes of at least 4 members (excludes halogenated alkanes) is 1. The van der Waals surface area contributed by atoms with Crippen molar-refractivity contribution in [2.75, 3.05) is 10.9 Å². The van der Waals surface area contributed by atoms with E-state index in [1.807, 2.05) is 60.7 Å². The Morgan fingerprint density at radius 3 is 1.40 bits per heavy atom. The van der Waals surface area contributed by atoms with Gasteiger partial charge in [0, 0.05) is 23.8 Å². The lowest BCUT2D eigenvalue weighted by Crippen LogP contribution is -2.35. The molecule has 0 fully saturated rings. The molecule has 2 heterocycles. The second-order valence-electron chi connectivity index (χ2n) is 8.70. The van der Waals surface area contributed by atoms with E-state index in [0.717, 1.165) is 20.5 Å². The van der Waals surface area contributed by atoms with Crippen molar-refractivity contribution in [2.45, 2.75) is 38.9 Å². The molecule has 0 unspecified atom stereocenters. The SMILES string of the molecule is O=C(Nn1ccc(CCCCc2ccn(NC(=O)OCc3ccccc3)c(=O)n2)nc1=O)OCc1ccccc1. The first-order valence-electron chi connectivity index (χ1n) is 12.6. The third kappa shape index (κ3) is 8.65. The van der Waals surface area contributed by atoms with Crippen LogP contribution in [0.5, 0.6) is 0 Å². The van der Waals surface area contributed by atoms with Crippen LogP contribution in [-0.2, 0) is 35.5 Å². The second-order valence-corrected chi connectivity index (χ2v) is 8.70. The van der Waals surface area contributed by atoms with Crippen LogP contribution in [0.1, 0.15) is 35.4 Å². The summed E-state index contributed by atoms with van der Waals surface area (Å²) in [6.45, 7) is 0.156. The van der Waals surface area contributed by atoms with Gasteiger partial charge in [0.05, 0.1) is 0 Å². The van der Waals surface area contributed by atoms with Gasteiger partial charge < -0.3 is 9.47 Å². The maximum absolute atomic E-state index is 12.3. The van der Waals surface area contributed by atoms with E-state index in [2.05, 4.69) is 20.8 Å². The van der Waals surface area contributed by atoms with E-state index in [1.165, 1.54) is 12.4 Å². The fourth-order valence-electron chi connectivity index (χ4n) is 3.65. The van der Waals surface area contributed by atoms with Crippen LogP contribution in [0.2, 0.25) is 0 Å². The summed E-state index contributed by atoms with van der Waals surface area (Å²) in [5.41, 5.74) is 6.21. The van der Waals surface area contributed by atoms with Crippen molar-refractivity contribution < 1.29 is 19.1 Å². The molecular weight excluding hydrogens is 516 g/mol. The number of nitrogens with one attached hydrogen (secondary N) is 2. The van der Waals surface area contributed by atoms with Crippen molar-refractivity contribution in [1.29, 1.82) is 0 Å². The third-order valence-corrected chi connectivity index (χ3v) is 5.69. The molecule has 206 valence electrons. The molecule has 0 saturated heterocycles. The van der Waals surface area contributed by atoms with E-state index in [1.54, 1.807) is 12.1 Å². The van der Waals surface area contributed by atoms with Crippen molar-refractivity contribution in [2.24, 2.45) is 0 Å². The minimum atomic E-state index is -0.769. The van der Waals surface area contributed by atoms with Crippen LogP contribution in [-0.4, -0.2) is 31.5 Å². The summed E-state index contributed by atoms with van der Waals surface area (Å²) in [7, 11) is 0. The van der Waals surface area contributed by atoms with E-state index < -0.39 is 23.6 Å². The van der Waals surface area contributed by atoms with E-state index in [0.29, 0.717) is 37.1 Å². The van der Waals surface area contributed by atoms with Gasteiger partial charge in [-0.05, 0) is 48.9 Å². The summed E-state index contributed by atoms with van der Waals surface area (Å²) in [5, 5.41) is 0. The van der Waals surface area contributed by atoms with Crippen molar-refractivity contribution in [3.05, 3.63) is 129 Å². The van der Waals surface area contributed by atoms with Gasteiger partial charge in [-0.15, -0.1) is 0 Å². The molecule has 4 aromatic rings. The first kappa shape index (κ1) is 27.8. The third-order valence-electron chi connectivity index (χ3n) is 5.69. The Labute approximate surface area is 229 Å². The summed E-state index contributed by atoms with van der Waals surface area (Å²) in [6.07, 6.45) is 3.75. The van der Waals surface area contributed by atoms with Crippen LogP contribution in [0.3, 0.4) is 0 Å². The lowest BCUT2D eigenvalue weighted by molar-refractivity contribution is 0.150. The molecular formula is C28H28N6O6. The Bertz CT molecular complexity index is 1420. The highest BCUT2D eigenvalue weighted by Gasteiger charge is 2.08. The Kier molecular flexibility index (Phi) is 9.75. The number of aryl methyl sites for hydroxylation is 2. The van der Waals surface area contributed by atoms with E-state index >= 15 is 0 Å². The topological polar surface area (TPSA) is 146 Å². The Balaban J connectivity index is 1.18. The summed E-state index contributed by atoms with van der Waals surface area (Å²) >= 11 is 0. The molecule has 2 aromatic carbocycles. The molecule has 0 aliphatic heterocycles. The van der Waals surface area contributed by atoms with E-state index in [-0.39, 0.29) is 13.2 Å². The largest absolute Gasteiger partial charge is 0.443 e. The number of aromatic nitrogens is 4. The standard InChI is InChI=1S/C28H28N6O6/c35-25-29-23(15-17-33(25)31-27(37)39-19-21-9-3-1-4-10-21)13-7-8-14-24-16-18-34(26(36)30-24)32-28(38)40-20-22-11-5-2-6-12-22/h1-6,9-12,15-18H,7-8,13-14,19-20H2,(H,31,37)(H,32,38). The fourth-order valence-corrected chi connectivity index (χ4v) is 3.65. The highest BCUT2D eigenvalue weighted by atomic mass is 16.6. The maximum atomic E-state index is 12.3. The molecule has 4 rings (SSSR count). The highest BCUT2D eigenvalue weighted by molar-refractivity contribution is 5.76. The van der Waals surface area contributed by atoms with E-state index in [9.17, 15) is 19.2 Å². The zero-order valence-corrected chi connectivity index (χ0v) is 21.6. The Morgan fingerprint density at radius 2 is 1.02 bits per heavy atom. The lowest BCUT2D eigenvalue weighted by Gasteiger charge is -2.10. The summed E-state index contributed by atoms with van der Waals surface area (Å²) in [6, 6.07) is 21.6. The van der Waals surface area contributed by atoms with Crippen LogP contribution < -0.4 is 22.2 Å². The van der Waals surface area contributed by atoms with Crippen LogP contribution in [0, 0.1) is 0 Å². The van der Waals surface area contributed by atoms with Crippen molar-refractivity contribution >= 4 is 12.2 Å². The minimum absolute atomic E-state index is 0.0782. The monoisotopic (exact) mass is 544 g/mol. The van der Waals surface area contributed by atoms with Crippen LogP contribution in [0.15, 0.2) is 94.8 Å². The van der Waals surface area contributed by atoms with Crippen LogP contribution in [0.25, 0.3) is 0 Å². The van der Waals surface area contributed by atoms with Gasteiger partial charge in [0.1, 0.15) is 13.2 Å². The van der Waals surface area contributed by atoms with Crippen LogP contribution >= 0.6 is 0 Å². The van der Waals surface area contributed by atoms with Gasteiger partial charge in [0.2, 0.25) is 0 Å². The molecule has 40 heavy (non-hydrogen) atoms. The highest BCUT2D eigenvalue weighted by Crippen LogP contribution is 2.05. The Morgan fingerprint density at radius 1 is 0.625 bits per heavy atom. The van der Waals surface area contributed by atoms with Gasteiger partial charge in [-0.2, -0.15) is 9.97 Å². The van der Waals surface area contributed by atoms with Crippen molar-refractivity contribution in [3.8, 4) is 0 Å². The number of ether oxygens (including phenoxy) is 2. The number of benzene rings is 2. The number of hydrogen-bond acceptors (Lipinski definition) is 8. The predicted octanol–water partition coefficient (Wildman–Crippen LogP) is 3.13. The van der Waals surface area contributed by atoms with Gasteiger partial charge in [-0.3, -0.25) is 0 Å². The number of amides is 2. The zero-order valence-electron chi connectivity index (χ0n) is 21.6. The van der Waals surface area contributed by atoms with E-state index in [4.69, 9.17) is 9.47 Å². The predicted molar refractivity (Wildman–Crippen MR) is 146 cm³/mol. The molecule has 0 spiro atoms. The van der Waals surface area contributed by atoms with Crippen molar-refractivity contribution in [3.63, 3.8) is 0 Å². The molecule has 2 aromatic heterocycles. The minimum Gasteiger partial charge on any atom is -0.443 e. The average molecular weight is 545 g/mol. The molecule has 12 heteroatoms. The smallest absolute Gasteiger partial charge is 0.426 e. The number of rotatable bonds is 11. The first-order chi connectivity index (χ1) is 19.5. The fraction of sp³-hybridized carbons (Fsp3) is 0.214. The molecule has 2 N–H and O–H groups in total.